The molecule has 2 aromatic carbocycles. The molecule has 0 aliphatic rings. The quantitative estimate of drug-likeness (QED) is 0.826. The average molecular weight is 252 g/mol. The summed E-state index contributed by atoms with van der Waals surface area (Å²) in [6.45, 7) is 0. The minimum Gasteiger partial charge on any atom is -0.412 e. The Labute approximate surface area is 99.6 Å². The van der Waals surface area contributed by atoms with E-state index in [9.17, 15) is 8.42 Å². The summed E-state index contributed by atoms with van der Waals surface area (Å²) in [7, 11) is -4.18. The molecule has 90 valence electrons. The largest absolute Gasteiger partial charge is 0.412 e. The van der Waals surface area contributed by atoms with Gasteiger partial charge in [-0.3, -0.25) is 4.55 Å². The fraction of sp³-hybridized carbons (Fsp3) is 0. The minimum atomic E-state index is -4.18. The lowest BCUT2D eigenvalue weighted by Gasteiger charge is -2.06. The molecule has 0 aliphatic carbocycles. The Hall–Kier alpha value is -1.69. The van der Waals surface area contributed by atoms with Gasteiger partial charge in [0, 0.05) is 5.56 Å². The van der Waals surface area contributed by atoms with E-state index < -0.39 is 10.1 Å². The van der Waals surface area contributed by atoms with Gasteiger partial charge in [0.15, 0.2) is 0 Å². The highest BCUT2D eigenvalue weighted by Crippen LogP contribution is 2.26. The molecule has 3 N–H and O–H groups in total. The normalized spacial score (nSPS) is 10.6. The topological polar surface area (TPSA) is 85.9 Å². The highest BCUT2D eigenvalue weighted by molar-refractivity contribution is 7.86. The zero-order valence-corrected chi connectivity index (χ0v) is 9.68. The zero-order chi connectivity index (χ0) is 11.6. The van der Waals surface area contributed by atoms with E-state index in [1.165, 1.54) is 6.07 Å². The highest BCUT2D eigenvalue weighted by Gasteiger charge is 2.15. The van der Waals surface area contributed by atoms with E-state index in [0.29, 0.717) is 5.56 Å². The summed E-state index contributed by atoms with van der Waals surface area (Å²) in [4.78, 5) is -0.0683. The van der Waals surface area contributed by atoms with Gasteiger partial charge in [-0.05, 0) is 11.6 Å². The van der Waals surface area contributed by atoms with Crippen LogP contribution in [0.4, 0.5) is 0 Å². The molecule has 4 nitrogen and oxygen atoms in total. The fourth-order valence-corrected chi connectivity index (χ4v) is 2.26. The van der Waals surface area contributed by atoms with E-state index in [1.54, 1.807) is 30.3 Å². The third-order valence-corrected chi connectivity index (χ3v) is 3.16. The lowest BCUT2D eigenvalue weighted by Crippen LogP contribution is -2.00. The maximum atomic E-state index is 11.2. The Morgan fingerprint density at radius 2 is 1.35 bits per heavy atom. The van der Waals surface area contributed by atoms with Gasteiger partial charge in [-0.25, -0.2) is 0 Å². The van der Waals surface area contributed by atoms with Crippen molar-refractivity contribution in [3.05, 3.63) is 54.6 Å². The second-order valence-corrected chi connectivity index (χ2v) is 4.73. The van der Waals surface area contributed by atoms with Crippen LogP contribution in [0.15, 0.2) is 59.5 Å². The van der Waals surface area contributed by atoms with Gasteiger partial charge in [-0.2, -0.15) is 8.42 Å². The van der Waals surface area contributed by atoms with Crippen LogP contribution in [0, 0.1) is 0 Å². The Morgan fingerprint density at radius 3 is 1.94 bits per heavy atom. The number of hydrogen-bond donors (Lipinski definition) is 1. The molecule has 2 rings (SSSR count). The predicted octanol–water partition coefficient (Wildman–Crippen LogP) is 1.78. The molecule has 2 aromatic rings. The van der Waals surface area contributed by atoms with Gasteiger partial charge in [0.1, 0.15) is 4.90 Å². The van der Waals surface area contributed by atoms with Crippen molar-refractivity contribution in [3.63, 3.8) is 0 Å². The molecule has 0 spiro atoms. The molecule has 17 heavy (non-hydrogen) atoms. The molecule has 0 heterocycles. The van der Waals surface area contributed by atoms with Gasteiger partial charge in [0.2, 0.25) is 0 Å². The molecule has 0 saturated carbocycles. The summed E-state index contributed by atoms with van der Waals surface area (Å²) >= 11 is 0. The van der Waals surface area contributed by atoms with Gasteiger partial charge in [-0.15, -0.1) is 0 Å². The van der Waals surface area contributed by atoms with Gasteiger partial charge < -0.3 is 5.48 Å². The monoisotopic (exact) mass is 252 g/mol. The van der Waals surface area contributed by atoms with Crippen LogP contribution in [0.3, 0.4) is 0 Å². The molecule has 0 amide bonds. The van der Waals surface area contributed by atoms with Crippen LogP contribution < -0.4 is 0 Å². The van der Waals surface area contributed by atoms with E-state index in [1.807, 2.05) is 18.2 Å². The maximum absolute atomic E-state index is 11.2. The van der Waals surface area contributed by atoms with Crippen molar-refractivity contribution >= 4 is 10.1 Å². The molecule has 0 fully saturated rings. The number of rotatable bonds is 2. The summed E-state index contributed by atoms with van der Waals surface area (Å²) < 4.78 is 31.5. The summed E-state index contributed by atoms with van der Waals surface area (Å²) in [6, 6.07) is 15.4. The molecular formula is C12H12O4S. The van der Waals surface area contributed by atoms with E-state index in [0.717, 1.165) is 5.56 Å². The Kier molecular flexibility index (Phi) is 4.01. The predicted molar refractivity (Wildman–Crippen MR) is 65.3 cm³/mol. The summed E-state index contributed by atoms with van der Waals surface area (Å²) in [6.07, 6.45) is 0. The average Bonchev–Trinajstić information content (AvgIpc) is 2.29. The van der Waals surface area contributed by atoms with Crippen molar-refractivity contribution in [1.29, 1.82) is 0 Å². The smallest absolute Gasteiger partial charge is 0.295 e. The number of benzene rings is 2. The van der Waals surface area contributed by atoms with E-state index >= 15 is 0 Å². The lowest BCUT2D eigenvalue weighted by molar-refractivity contribution is 0.483. The third kappa shape index (κ3) is 2.91. The molecule has 0 radical (unpaired) electrons. The second-order valence-electron chi connectivity index (χ2n) is 3.34. The third-order valence-electron chi connectivity index (χ3n) is 2.25. The van der Waals surface area contributed by atoms with Crippen LogP contribution in [0.25, 0.3) is 11.1 Å². The van der Waals surface area contributed by atoms with Crippen molar-refractivity contribution < 1.29 is 18.4 Å². The van der Waals surface area contributed by atoms with Gasteiger partial charge in [0.25, 0.3) is 10.1 Å². The van der Waals surface area contributed by atoms with E-state index in [2.05, 4.69) is 0 Å². The van der Waals surface area contributed by atoms with Crippen LogP contribution in [0.5, 0.6) is 0 Å². The van der Waals surface area contributed by atoms with Crippen molar-refractivity contribution in [2.75, 3.05) is 0 Å². The molecule has 0 atom stereocenters. The van der Waals surface area contributed by atoms with E-state index in [4.69, 9.17) is 4.55 Å². The Bertz CT molecular complexity index is 591. The summed E-state index contributed by atoms with van der Waals surface area (Å²) in [5.41, 5.74) is 1.27. The lowest BCUT2D eigenvalue weighted by atomic mass is 10.1. The summed E-state index contributed by atoms with van der Waals surface area (Å²) in [5.74, 6) is 0. The van der Waals surface area contributed by atoms with Gasteiger partial charge >= 0.3 is 0 Å². The van der Waals surface area contributed by atoms with Crippen molar-refractivity contribution in [2.45, 2.75) is 4.90 Å². The zero-order valence-electron chi connectivity index (χ0n) is 8.87. The van der Waals surface area contributed by atoms with Crippen molar-refractivity contribution in [3.8, 4) is 11.1 Å². The maximum Gasteiger partial charge on any atom is 0.295 e. The van der Waals surface area contributed by atoms with Gasteiger partial charge in [0.05, 0.1) is 0 Å². The first-order chi connectivity index (χ1) is 7.59. The van der Waals surface area contributed by atoms with E-state index in [-0.39, 0.29) is 10.4 Å². The Morgan fingerprint density at radius 1 is 0.824 bits per heavy atom. The molecule has 5 heteroatoms. The molecular weight excluding hydrogens is 240 g/mol. The van der Waals surface area contributed by atoms with Crippen LogP contribution in [-0.2, 0) is 10.1 Å². The van der Waals surface area contributed by atoms with Crippen LogP contribution in [0.2, 0.25) is 0 Å². The first-order valence-electron chi connectivity index (χ1n) is 4.71. The molecule has 0 unspecified atom stereocenters. The molecule has 0 aliphatic heterocycles. The molecule has 0 saturated heterocycles. The van der Waals surface area contributed by atoms with Crippen LogP contribution in [0.1, 0.15) is 0 Å². The first-order valence-corrected chi connectivity index (χ1v) is 6.15. The fourth-order valence-electron chi connectivity index (χ4n) is 1.55. The number of hydrogen-bond acceptors (Lipinski definition) is 2. The SMILES string of the molecule is O.O=S(=O)(O)c1ccccc1-c1ccccc1. The highest BCUT2D eigenvalue weighted by atomic mass is 32.2. The van der Waals surface area contributed by atoms with Crippen LogP contribution in [-0.4, -0.2) is 18.4 Å². The molecule has 0 bridgehead atoms. The first kappa shape index (κ1) is 13.4. The second kappa shape index (κ2) is 5.09. The standard InChI is InChI=1S/C12H10O3S.H2O/c13-16(14,15)12-9-5-4-8-11(12)10-6-2-1-3-7-10;/h1-9H,(H,13,14,15);1H2. The van der Waals surface area contributed by atoms with Crippen molar-refractivity contribution in [2.24, 2.45) is 0 Å². The van der Waals surface area contributed by atoms with Crippen LogP contribution >= 0.6 is 0 Å². The minimum absolute atomic E-state index is 0. The Balaban J connectivity index is 0.00000144. The molecule has 0 aromatic heterocycles. The summed E-state index contributed by atoms with van der Waals surface area (Å²) in [5, 5.41) is 0. The van der Waals surface area contributed by atoms with Crippen molar-refractivity contribution in [1.82, 2.24) is 0 Å². The van der Waals surface area contributed by atoms with Gasteiger partial charge in [-0.1, -0.05) is 48.5 Å².